The zero-order valence-electron chi connectivity index (χ0n) is 14.0. The predicted octanol–water partition coefficient (Wildman–Crippen LogP) is 2.17. The molecule has 0 saturated heterocycles. The van der Waals surface area contributed by atoms with Gasteiger partial charge < -0.3 is 25.6 Å². The second kappa shape index (κ2) is 8.79. The fraction of sp³-hybridized carbons (Fsp3) is 0.278. The first-order valence-corrected chi connectivity index (χ1v) is 7.64. The third-order valence-electron chi connectivity index (χ3n) is 3.56. The van der Waals surface area contributed by atoms with E-state index in [2.05, 4.69) is 10.3 Å². The lowest BCUT2D eigenvalue weighted by molar-refractivity contribution is 0.282. The Kier molecular flexibility index (Phi) is 6.45. The maximum Gasteiger partial charge on any atom is 0.193 e. The Balaban J connectivity index is 1.96. The van der Waals surface area contributed by atoms with Crippen LogP contribution in [0.25, 0.3) is 0 Å². The second-order valence-corrected chi connectivity index (χ2v) is 5.18. The maximum absolute atomic E-state index is 9.03. The normalized spacial score (nSPS) is 11.2. The first kappa shape index (κ1) is 17.6. The molecule has 4 N–H and O–H groups in total. The minimum Gasteiger partial charge on any atom is -0.497 e. The van der Waals surface area contributed by atoms with Gasteiger partial charge in [-0.2, -0.15) is 0 Å². The predicted molar refractivity (Wildman–Crippen MR) is 95.7 cm³/mol. The Bertz CT molecular complexity index is 684. The molecule has 0 fully saturated rings. The van der Waals surface area contributed by atoms with Crippen LogP contribution in [0.2, 0.25) is 0 Å². The highest BCUT2D eigenvalue weighted by atomic mass is 16.5. The Morgan fingerprint density at radius 2 is 1.79 bits per heavy atom. The molecule has 0 bridgehead atoms. The van der Waals surface area contributed by atoms with E-state index >= 15 is 0 Å². The van der Waals surface area contributed by atoms with Crippen molar-refractivity contribution in [2.24, 2.45) is 10.7 Å². The molecule has 2 aromatic rings. The van der Waals surface area contributed by atoms with Gasteiger partial charge in [0.1, 0.15) is 11.5 Å². The van der Waals surface area contributed by atoms with Crippen LogP contribution in [0.3, 0.4) is 0 Å². The summed E-state index contributed by atoms with van der Waals surface area (Å²) in [5.41, 5.74) is 8.68. The van der Waals surface area contributed by atoms with Crippen molar-refractivity contribution in [2.45, 2.75) is 13.0 Å². The van der Waals surface area contributed by atoms with Crippen LogP contribution < -0.4 is 20.5 Å². The van der Waals surface area contributed by atoms with Crippen molar-refractivity contribution >= 4 is 11.6 Å². The Hall–Kier alpha value is -2.73. The molecule has 0 amide bonds. The quantitative estimate of drug-likeness (QED) is 0.535. The third kappa shape index (κ3) is 4.89. The van der Waals surface area contributed by atoms with E-state index in [4.69, 9.17) is 20.3 Å². The summed E-state index contributed by atoms with van der Waals surface area (Å²) in [6.07, 6.45) is 0.767. The van der Waals surface area contributed by atoms with Gasteiger partial charge >= 0.3 is 0 Å². The van der Waals surface area contributed by atoms with Gasteiger partial charge in [0.25, 0.3) is 0 Å². The zero-order chi connectivity index (χ0) is 17.4. The van der Waals surface area contributed by atoms with Gasteiger partial charge in [-0.25, -0.2) is 0 Å². The van der Waals surface area contributed by atoms with Crippen LogP contribution in [0, 0.1) is 0 Å². The highest BCUT2D eigenvalue weighted by molar-refractivity contribution is 5.94. The number of benzene rings is 2. The summed E-state index contributed by atoms with van der Waals surface area (Å²) < 4.78 is 10.5. The Morgan fingerprint density at radius 1 is 1.08 bits per heavy atom. The van der Waals surface area contributed by atoms with E-state index in [0.29, 0.717) is 29.7 Å². The molecule has 2 aromatic carbocycles. The van der Waals surface area contributed by atoms with Gasteiger partial charge in [0.15, 0.2) is 5.96 Å². The summed E-state index contributed by atoms with van der Waals surface area (Å²) in [6, 6.07) is 13.2. The number of nitrogens with zero attached hydrogens (tertiary/aromatic N) is 1. The number of aliphatic imine (C=N–C) groups is 1. The van der Waals surface area contributed by atoms with E-state index in [0.717, 1.165) is 17.5 Å². The molecule has 0 atom stereocenters. The number of nitrogens with two attached hydrogens (primary N) is 1. The zero-order valence-corrected chi connectivity index (χ0v) is 14.0. The van der Waals surface area contributed by atoms with Gasteiger partial charge in [-0.05, 0) is 29.7 Å². The molecule has 0 aliphatic rings. The summed E-state index contributed by atoms with van der Waals surface area (Å²) in [6.45, 7) is 0.612. The number of aliphatic hydroxyl groups is 1. The fourth-order valence-electron chi connectivity index (χ4n) is 2.21. The molecule has 0 unspecified atom stereocenters. The highest BCUT2D eigenvalue weighted by Gasteiger charge is 2.06. The van der Waals surface area contributed by atoms with Crippen LogP contribution in [-0.2, 0) is 13.0 Å². The van der Waals surface area contributed by atoms with Crippen molar-refractivity contribution in [1.82, 2.24) is 0 Å². The van der Waals surface area contributed by atoms with Crippen molar-refractivity contribution in [3.63, 3.8) is 0 Å². The number of hydrogen-bond donors (Lipinski definition) is 3. The average molecular weight is 329 g/mol. The van der Waals surface area contributed by atoms with Gasteiger partial charge in [-0.15, -0.1) is 0 Å². The summed E-state index contributed by atoms with van der Waals surface area (Å²) in [5.74, 6) is 1.68. The lowest BCUT2D eigenvalue weighted by Gasteiger charge is -2.12. The molecule has 24 heavy (non-hydrogen) atoms. The van der Waals surface area contributed by atoms with E-state index in [1.807, 2.05) is 30.3 Å². The van der Waals surface area contributed by atoms with Gasteiger partial charge in [0, 0.05) is 12.6 Å². The van der Waals surface area contributed by atoms with Gasteiger partial charge in [0.2, 0.25) is 0 Å². The Labute approximate surface area is 141 Å². The molecule has 128 valence electrons. The number of guanidine groups is 1. The monoisotopic (exact) mass is 329 g/mol. The van der Waals surface area contributed by atoms with Crippen molar-refractivity contribution in [3.05, 3.63) is 53.6 Å². The summed E-state index contributed by atoms with van der Waals surface area (Å²) >= 11 is 0. The van der Waals surface area contributed by atoms with Crippen LogP contribution >= 0.6 is 0 Å². The van der Waals surface area contributed by atoms with Crippen LogP contribution in [0.4, 0.5) is 5.69 Å². The van der Waals surface area contributed by atoms with Crippen LogP contribution in [-0.4, -0.2) is 31.8 Å². The van der Waals surface area contributed by atoms with Crippen molar-refractivity contribution in [2.75, 3.05) is 26.1 Å². The second-order valence-electron chi connectivity index (χ2n) is 5.18. The fourth-order valence-corrected chi connectivity index (χ4v) is 2.21. The minimum absolute atomic E-state index is 0.0532. The molecule has 6 heteroatoms. The van der Waals surface area contributed by atoms with Gasteiger partial charge in [-0.3, -0.25) is 4.99 Å². The van der Waals surface area contributed by atoms with Crippen molar-refractivity contribution in [1.29, 1.82) is 0 Å². The first-order chi connectivity index (χ1) is 11.7. The molecule has 2 rings (SSSR count). The number of nitrogens with one attached hydrogen (secondary N) is 1. The molecule has 0 spiro atoms. The summed E-state index contributed by atoms with van der Waals surface area (Å²) in [5, 5.41) is 12.1. The topological polar surface area (TPSA) is 89.1 Å². The number of aliphatic hydroxyl groups excluding tert-OH is 1. The van der Waals surface area contributed by atoms with Gasteiger partial charge in [0.05, 0.1) is 26.5 Å². The number of anilines is 1. The van der Waals surface area contributed by atoms with E-state index in [1.54, 1.807) is 26.4 Å². The van der Waals surface area contributed by atoms with E-state index in [9.17, 15) is 0 Å². The van der Waals surface area contributed by atoms with E-state index in [1.165, 1.54) is 0 Å². The van der Waals surface area contributed by atoms with Crippen LogP contribution in [0.1, 0.15) is 11.1 Å². The van der Waals surface area contributed by atoms with Crippen LogP contribution in [0.5, 0.6) is 11.5 Å². The van der Waals surface area contributed by atoms with Gasteiger partial charge in [-0.1, -0.05) is 24.3 Å². The molecular weight excluding hydrogens is 306 g/mol. The lowest BCUT2D eigenvalue weighted by atomic mass is 10.1. The number of rotatable bonds is 7. The third-order valence-corrected chi connectivity index (χ3v) is 3.56. The molecule has 0 aromatic heterocycles. The molecular formula is C18H23N3O3. The summed E-state index contributed by atoms with van der Waals surface area (Å²) in [4.78, 5) is 4.33. The average Bonchev–Trinajstić information content (AvgIpc) is 2.62. The SMILES string of the molecule is COc1ccc(OC)c(NC(N)=NCCc2ccc(CO)cc2)c1. The largest absolute Gasteiger partial charge is 0.497 e. The summed E-state index contributed by atoms with van der Waals surface area (Å²) in [7, 11) is 3.20. The number of hydrogen-bond acceptors (Lipinski definition) is 4. The molecule has 0 radical (unpaired) electrons. The van der Waals surface area contributed by atoms with Crippen molar-refractivity contribution < 1.29 is 14.6 Å². The Morgan fingerprint density at radius 3 is 2.42 bits per heavy atom. The number of ether oxygens (including phenoxy) is 2. The first-order valence-electron chi connectivity index (χ1n) is 7.64. The maximum atomic E-state index is 9.03. The van der Waals surface area contributed by atoms with Crippen LogP contribution in [0.15, 0.2) is 47.5 Å². The standard InChI is InChI=1S/C18H23N3O3/c1-23-15-7-8-17(24-2)16(11-15)21-18(19)20-10-9-13-3-5-14(12-22)6-4-13/h3-8,11,22H,9-10,12H2,1-2H3,(H3,19,20,21). The molecule has 0 heterocycles. The minimum atomic E-state index is 0.0532. The molecule has 0 aliphatic heterocycles. The molecule has 6 nitrogen and oxygen atoms in total. The number of methoxy groups -OCH3 is 2. The van der Waals surface area contributed by atoms with E-state index in [-0.39, 0.29) is 6.61 Å². The molecule has 0 saturated carbocycles. The van der Waals surface area contributed by atoms with E-state index < -0.39 is 0 Å². The van der Waals surface area contributed by atoms with Crippen molar-refractivity contribution in [3.8, 4) is 11.5 Å². The lowest BCUT2D eigenvalue weighted by Crippen LogP contribution is -2.23. The highest BCUT2D eigenvalue weighted by Crippen LogP contribution is 2.28. The molecule has 0 aliphatic carbocycles. The smallest absolute Gasteiger partial charge is 0.193 e.